The van der Waals surface area contributed by atoms with Crippen molar-refractivity contribution in [2.24, 2.45) is 5.73 Å². The average molecular weight is 279 g/mol. The van der Waals surface area contributed by atoms with E-state index in [1.54, 1.807) is 7.05 Å². The summed E-state index contributed by atoms with van der Waals surface area (Å²) in [4.78, 5) is 0. The molecule has 1 heterocycles. The van der Waals surface area contributed by atoms with Crippen LogP contribution in [-0.4, -0.2) is 62.0 Å². The Morgan fingerprint density at radius 1 is 1.50 bits per heavy atom. The number of hydrogen-bond donors (Lipinski definition) is 1. The van der Waals surface area contributed by atoms with Crippen molar-refractivity contribution >= 4 is 10.2 Å². The molecule has 0 aliphatic carbocycles. The van der Waals surface area contributed by atoms with Gasteiger partial charge in [0.1, 0.15) is 0 Å². The first kappa shape index (κ1) is 15.8. The number of rotatable bonds is 5. The zero-order valence-corrected chi connectivity index (χ0v) is 12.5. The van der Waals surface area contributed by atoms with Gasteiger partial charge >= 0.3 is 0 Å². The van der Waals surface area contributed by atoms with Crippen LogP contribution in [0.4, 0.5) is 0 Å². The molecule has 18 heavy (non-hydrogen) atoms. The molecular formula is C11H25N3O3S. The van der Waals surface area contributed by atoms with Crippen LogP contribution in [0.15, 0.2) is 0 Å². The lowest BCUT2D eigenvalue weighted by Crippen LogP contribution is -2.56. The molecule has 0 bridgehead atoms. The molecule has 0 amide bonds. The van der Waals surface area contributed by atoms with Gasteiger partial charge in [-0.05, 0) is 33.7 Å². The molecule has 1 atom stereocenters. The Labute approximate surface area is 110 Å². The van der Waals surface area contributed by atoms with E-state index < -0.39 is 15.8 Å². The van der Waals surface area contributed by atoms with Gasteiger partial charge in [0.25, 0.3) is 10.2 Å². The molecule has 0 aromatic rings. The summed E-state index contributed by atoms with van der Waals surface area (Å²) in [6, 6.07) is 0. The van der Waals surface area contributed by atoms with Gasteiger partial charge in [-0.25, -0.2) is 0 Å². The Morgan fingerprint density at radius 3 is 2.61 bits per heavy atom. The Kier molecular flexibility index (Phi) is 5.13. The summed E-state index contributed by atoms with van der Waals surface area (Å²) in [5.74, 6) is 0. The first-order valence-electron chi connectivity index (χ1n) is 6.28. The highest BCUT2D eigenvalue weighted by molar-refractivity contribution is 7.86. The van der Waals surface area contributed by atoms with Crippen LogP contribution in [0.2, 0.25) is 0 Å². The van der Waals surface area contributed by atoms with Crippen LogP contribution in [0.25, 0.3) is 0 Å². The third-order valence-electron chi connectivity index (χ3n) is 2.94. The Morgan fingerprint density at radius 2 is 2.11 bits per heavy atom. The molecule has 0 radical (unpaired) electrons. The molecule has 1 rings (SSSR count). The first-order valence-corrected chi connectivity index (χ1v) is 7.68. The SMILES string of the molecule is CC1CN(S(=O)(=O)N(C)CCCN)CC(C)(C)O1. The van der Waals surface area contributed by atoms with Gasteiger partial charge in [0.15, 0.2) is 0 Å². The highest BCUT2D eigenvalue weighted by Crippen LogP contribution is 2.23. The van der Waals surface area contributed by atoms with Gasteiger partial charge in [-0.2, -0.15) is 17.0 Å². The van der Waals surface area contributed by atoms with E-state index in [0.717, 1.165) is 0 Å². The largest absolute Gasteiger partial charge is 0.370 e. The van der Waals surface area contributed by atoms with E-state index in [1.807, 2.05) is 20.8 Å². The van der Waals surface area contributed by atoms with E-state index in [4.69, 9.17) is 10.5 Å². The Hall–Kier alpha value is -0.210. The summed E-state index contributed by atoms with van der Waals surface area (Å²) >= 11 is 0. The molecule has 7 heteroatoms. The maximum absolute atomic E-state index is 12.4. The monoisotopic (exact) mass is 279 g/mol. The van der Waals surface area contributed by atoms with E-state index in [-0.39, 0.29) is 6.10 Å². The minimum Gasteiger partial charge on any atom is -0.370 e. The van der Waals surface area contributed by atoms with Crippen LogP contribution in [0.3, 0.4) is 0 Å². The fraction of sp³-hybridized carbons (Fsp3) is 1.00. The summed E-state index contributed by atoms with van der Waals surface area (Å²) in [5.41, 5.74) is 4.96. The summed E-state index contributed by atoms with van der Waals surface area (Å²) in [7, 11) is -1.81. The smallest absolute Gasteiger partial charge is 0.281 e. The number of nitrogens with zero attached hydrogens (tertiary/aromatic N) is 2. The number of morpholine rings is 1. The third-order valence-corrected chi connectivity index (χ3v) is 4.84. The van der Waals surface area contributed by atoms with Gasteiger partial charge in [0.2, 0.25) is 0 Å². The van der Waals surface area contributed by atoms with Crippen molar-refractivity contribution < 1.29 is 13.2 Å². The average Bonchev–Trinajstić information content (AvgIpc) is 2.22. The molecule has 0 saturated carbocycles. The molecule has 2 N–H and O–H groups in total. The van der Waals surface area contributed by atoms with Crippen molar-refractivity contribution in [1.29, 1.82) is 0 Å². The van der Waals surface area contributed by atoms with Crippen molar-refractivity contribution in [3.8, 4) is 0 Å². The highest BCUT2D eigenvalue weighted by Gasteiger charge is 2.38. The molecule has 108 valence electrons. The van der Waals surface area contributed by atoms with Crippen LogP contribution in [0.1, 0.15) is 27.2 Å². The van der Waals surface area contributed by atoms with Gasteiger partial charge in [0, 0.05) is 26.7 Å². The quantitative estimate of drug-likeness (QED) is 0.769. The molecule has 1 saturated heterocycles. The highest BCUT2D eigenvalue weighted by atomic mass is 32.2. The lowest BCUT2D eigenvalue weighted by atomic mass is 10.1. The van der Waals surface area contributed by atoms with Crippen molar-refractivity contribution in [1.82, 2.24) is 8.61 Å². The predicted molar refractivity (Wildman–Crippen MR) is 71.4 cm³/mol. The standard InChI is InChI=1S/C11H25N3O3S/c1-10-8-14(9-11(2,3)17-10)18(15,16)13(4)7-5-6-12/h10H,5-9,12H2,1-4H3. The number of nitrogens with two attached hydrogens (primary N) is 1. The molecular weight excluding hydrogens is 254 g/mol. The number of ether oxygens (including phenoxy) is 1. The van der Waals surface area contributed by atoms with Gasteiger partial charge < -0.3 is 10.5 Å². The van der Waals surface area contributed by atoms with E-state index in [2.05, 4.69) is 0 Å². The Bertz CT molecular complexity index is 370. The van der Waals surface area contributed by atoms with Crippen LogP contribution in [0.5, 0.6) is 0 Å². The van der Waals surface area contributed by atoms with E-state index in [0.29, 0.717) is 32.6 Å². The molecule has 1 aliphatic heterocycles. The molecule has 0 spiro atoms. The van der Waals surface area contributed by atoms with Crippen molar-refractivity contribution in [3.63, 3.8) is 0 Å². The maximum atomic E-state index is 12.4. The lowest BCUT2D eigenvalue weighted by molar-refractivity contribution is -0.110. The normalized spacial score (nSPS) is 25.6. The van der Waals surface area contributed by atoms with Crippen LogP contribution in [-0.2, 0) is 14.9 Å². The second kappa shape index (κ2) is 5.83. The fourth-order valence-corrected chi connectivity index (χ4v) is 3.82. The van der Waals surface area contributed by atoms with Crippen molar-refractivity contribution in [3.05, 3.63) is 0 Å². The minimum atomic E-state index is -3.41. The molecule has 1 fully saturated rings. The summed E-state index contributed by atoms with van der Waals surface area (Å²) in [5, 5.41) is 0. The minimum absolute atomic E-state index is 0.0913. The van der Waals surface area contributed by atoms with E-state index in [1.165, 1.54) is 8.61 Å². The lowest BCUT2D eigenvalue weighted by Gasteiger charge is -2.42. The van der Waals surface area contributed by atoms with E-state index in [9.17, 15) is 8.42 Å². The van der Waals surface area contributed by atoms with Crippen molar-refractivity contribution in [2.75, 3.05) is 33.2 Å². The molecule has 1 aliphatic rings. The van der Waals surface area contributed by atoms with Crippen molar-refractivity contribution in [2.45, 2.75) is 38.9 Å². The van der Waals surface area contributed by atoms with Gasteiger partial charge in [0.05, 0.1) is 11.7 Å². The fourth-order valence-electron chi connectivity index (χ4n) is 2.20. The summed E-state index contributed by atoms with van der Waals surface area (Å²) in [6.45, 7) is 7.43. The second-order valence-electron chi connectivity index (χ2n) is 5.45. The first-order chi connectivity index (χ1) is 8.19. The van der Waals surface area contributed by atoms with Gasteiger partial charge in [-0.1, -0.05) is 0 Å². The van der Waals surface area contributed by atoms with Crippen LogP contribution < -0.4 is 5.73 Å². The molecule has 0 aromatic carbocycles. The molecule has 1 unspecified atom stereocenters. The zero-order chi connectivity index (χ0) is 14.0. The Balaban J connectivity index is 2.78. The summed E-state index contributed by atoms with van der Waals surface area (Å²) < 4.78 is 33.3. The topological polar surface area (TPSA) is 75.9 Å². The predicted octanol–water partition coefficient (Wildman–Crippen LogP) is 0.0111. The summed E-state index contributed by atoms with van der Waals surface area (Å²) in [6.07, 6.45) is 0.574. The van der Waals surface area contributed by atoms with Crippen LogP contribution in [0, 0.1) is 0 Å². The molecule has 0 aromatic heterocycles. The van der Waals surface area contributed by atoms with Gasteiger partial charge in [-0.15, -0.1) is 0 Å². The van der Waals surface area contributed by atoms with Gasteiger partial charge in [-0.3, -0.25) is 0 Å². The van der Waals surface area contributed by atoms with E-state index >= 15 is 0 Å². The van der Waals surface area contributed by atoms with Crippen LogP contribution >= 0.6 is 0 Å². The third kappa shape index (κ3) is 3.89. The zero-order valence-electron chi connectivity index (χ0n) is 11.7. The number of hydrogen-bond acceptors (Lipinski definition) is 4. The molecule has 6 nitrogen and oxygen atoms in total. The maximum Gasteiger partial charge on any atom is 0.281 e. The second-order valence-corrected chi connectivity index (χ2v) is 7.49.